The van der Waals surface area contributed by atoms with Gasteiger partial charge in [-0.15, -0.1) is 0 Å². The van der Waals surface area contributed by atoms with Crippen LogP contribution in [0.1, 0.15) is 24.2 Å². The topological polar surface area (TPSA) is 38.8 Å². The lowest BCUT2D eigenvalue weighted by Gasteiger charge is -2.24. The molecule has 0 N–H and O–H groups in total. The van der Waals surface area contributed by atoms with Crippen LogP contribution in [0.5, 0.6) is 5.75 Å². The van der Waals surface area contributed by atoms with Crippen molar-refractivity contribution in [3.05, 3.63) is 42.5 Å². The molecule has 1 rings (SSSR count). The Kier molecular flexibility index (Phi) is 7.54. The summed E-state index contributed by atoms with van der Waals surface area (Å²) in [6.07, 6.45) is 1.69. The summed E-state index contributed by atoms with van der Waals surface area (Å²) in [4.78, 5) is 14.4. The fourth-order valence-corrected chi connectivity index (χ4v) is 1.95. The summed E-state index contributed by atoms with van der Waals surface area (Å²) in [7, 11) is 1.64. The van der Waals surface area contributed by atoms with Crippen molar-refractivity contribution in [3.63, 3.8) is 0 Å². The summed E-state index contributed by atoms with van der Waals surface area (Å²) in [6.45, 7) is 10.1. The lowest BCUT2D eigenvalue weighted by Crippen LogP contribution is -2.36. The van der Waals surface area contributed by atoms with Crippen molar-refractivity contribution in [2.45, 2.75) is 13.8 Å². The largest absolute Gasteiger partial charge is 0.490 e. The fourth-order valence-electron chi connectivity index (χ4n) is 1.95. The zero-order valence-electron chi connectivity index (χ0n) is 13.2. The summed E-state index contributed by atoms with van der Waals surface area (Å²) in [5, 5.41) is 0. The highest BCUT2D eigenvalue weighted by molar-refractivity contribution is 5.94. The molecule has 0 bridgehead atoms. The minimum absolute atomic E-state index is 0.0241. The Bertz CT molecular complexity index is 440. The molecule has 21 heavy (non-hydrogen) atoms. The molecule has 0 saturated carbocycles. The van der Waals surface area contributed by atoms with Crippen LogP contribution in [-0.2, 0) is 4.74 Å². The molecule has 116 valence electrons. The Morgan fingerprint density at radius 2 is 2.00 bits per heavy atom. The van der Waals surface area contributed by atoms with Gasteiger partial charge in [-0.05, 0) is 30.2 Å². The van der Waals surface area contributed by atoms with Crippen molar-refractivity contribution >= 4 is 5.91 Å². The van der Waals surface area contributed by atoms with Crippen molar-refractivity contribution in [1.29, 1.82) is 0 Å². The van der Waals surface area contributed by atoms with E-state index in [4.69, 9.17) is 9.47 Å². The number of nitrogens with zero attached hydrogens (tertiary/aromatic N) is 1. The molecule has 4 nitrogen and oxygen atoms in total. The molecule has 1 aromatic carbocycles. The van der Waals surface area contributed by atoms with E-state index in [9.17, 15) is 4.79 Å². The van der Waals surface area contributed by atoms with Gasteiger partial charge >= 0.3 is 0 Å². The van der Waals surface area contributed by atoms with E-state index in [1.165, 1.54) is 0 Å². The molecule has 0 fully saturated rings. The molecule has 1 amide bonds. The first-order valence-electron chi connectivity index (χ1n) is 7.20. The Morgan fingerprint density at radius 1 is 1.33 bits per heavy atom. The average molecular weight is 291 g/mol. The van der Waals surface area contributed by atoms with Crippen LogP contribution in [0.2, 0.25) is 0 Å². The SMILES string of the molecule is C=CCOc1ccc(C(=O)N(CCOC)CC(C)C)cc1. The molecule has 0 aromatic heterocycles. The first-order valence-corrected chi connectivity index (χ1v) is 7.20. The number of hydrogen-bond donors (Lipinski definition) is 0. The van der Waals surface area contributed by atoms with Gasteiger partial charge in [-0.25, -0.2) is 0 Å². The molecule has 0 aliphatic carbocycles. The van der Waals surface area contributed by atoms with Crippen LogP contribution < -0.4 is 4.74 Å². The molecule has 0 unspecified atom stereocenters. The number of amides is 1. The van der Waals surface area contributed by atoms with Crippen LogP contribution >= 0.6 is 0 Å². The third-order valence-electron chi connectivity index (χ3n) is 2.91. The predicted octanol–water partition coefficient (Wildman–Crippen LogP) is 3.00. The lowest BCUT2D eigenvalue weighted by molar-refractivity contribution is 0.0672. The summed E-state index contributed by atoms with van der Waals surface area (Å²) >= 11 is 0. The van der Waals surface area contributed by atoms with Gasteiger partial charge in [0.15, 0.2) is 0 Å². The lowest BCUT2D eigenvalue weighted by atomic mass is 10.1. The highest BCUT2D eigenvalue weighted by atomic mass is 16.5. The average Bonchev–Trinajstić information content (AvgIpc) is 2.49. The smallest absolute Gasteiger partial charge is 0.253 e. The maximum atomic E-state index is 12.5. The van der Waals surface area contributed by atoms with Crippen molar-refractivity contribution in [3.8, 4) is 5.75 Å². The van der Waals surface area contributed by atoms with E-state index >= 15 is 0 Å². The second-order valence-electron chi connectivity index (χ2n) is 5.26. The van der Waals surface area contributed by atoms with Crippen LogP contribution in [-0.4, -0.2) is 44.2 Å². The first-order chi connectivity index (χ1) is 10.1. The van der Waals surface area contributed by atoms with Crippen molar-refractivity contribution in [2.75, 3.05) is 33.4 Å². The Hall–Kier alpha value is -1.81. The summed E-state index contributed by atoms with van der Waals surface area (Å²) in [5.74, 6) is 1.18. The number of ether oxygens (including phenoxy) is 2. The van der Waals surface area contributed by atoms with Gasteiger partial charge in [-0.2, -0.15) is 0 Å². The van der Waals surface area contributed by atoms with Crippen LogP contribution in [0, 0.1) is 5.92 Å². The second-order valence-corrected chi connectivity index (χ2v) is 5.26. The molecule has 1 aromatic rings. The van der Waals surface area contributed by atoms with Crippen LogP contribution in [0.15, 0.2) is 36.9 Å². The highest BCUT2D eigenvalue weighted by Crippen LogP contribution is 2.14. The molecule has 0 aliphatic rings. The molecule has 0 heterocycles. The number of carbonyl (C=O) groups is 1. The van der Waals surface area contributed by atoms with E-state index in [0.717, 1.165) is 12.3 Å². The minimum atomic E-state index is 0.0241. The first kappa shape index (κ1) is 17.2. The van der Waals surface area contributed by atoms with Crippen LogP contribution in [0.3, 0.4) is 0 Å². The van der Waals surface area contributed by atoms with Gasteiger partial charge in [0.2, 0.25) is 0 Å². The Morgan fingerprint density at radius 3 is 2.52 bits per heavy atom. The van der Waals surface area contributed by atoms with E-state index in [1.54, 1.807) is 37.5 Å². The second kappa shape index (κ2) is 9.19. The van der Waals surface area contributed by atoms with E-state index in [-0.39, 0.29) is 5.91 Å². The molecule has 0 aliphatic heterocycles. The quantitative estimate of drug-likeness (QED) is 0.657. The van der Waals surface area contributed by atoms with Gasteiger partial charge in [0.05, 0.1) is 6.61 Å². The molecule has 0 radical (unpaired) electrons. The van der Waals surface area contributed by atoms with Gasteiger partial charge < -0.3 is 14.4 Å². The number of methoxy groups -OCH3 is 1. The Labute approximate surface area is 127 Å². The monoisotopic (exact) mass is 291 g/mol. The molecule has 0 spiro atoms. The predicted molar refractivity (Wildman–Crippen MR) is 84.8 cm³/mol. The number of rotatable bonds is 9. The molecule has 4 heteroatoms. The maximum absolute atomic E-state index is 12.5. The molecule has 0 atom stereocenters. The van der Waals surface area contributed by atoms with Gasteiger partial charge in [-0.1, -0.05) is 26.5 Å². The Balaban J connectivity index is 2.74. The minimum Gasteiger partial charge on any atom is -0.490 e. The van der Waals surface area contributed by atoms with E-state index in [0.29, 0.717) is 31.2 Å². The summed E-state index contributed by atoms with van der Waals surface area (Å²) in [6, 6.07) is 7.20. The maximum Gasteiger partial charge on any atom is 0.253 e. The van der Waals surface area contributed by atoms with E-state index < -0.39 is 0 Å². The molecular weight excluding hydrogens is 266 g/mol. The third kappa shape index (κ3) is 6.00. The van der Waals surface area contributed by atoms with Crippen LogP contribution in [0.25, 0.3) is 0 Å². The standard InChI is InChI=1S/C17H25NO3/c1-5-11-21-16-8-6-15(7-9-16)17(19)18(10-12-20-4)13-14(2)3/h5-9,14H,1,10-13H2,2-4H3. The molecule has 0 saturated heterocycles. The van der Waals surface area contributed by atoms with E-state index in [1.807, 2.05) is 4.90 Å². The van der Waals surface area contributed by atoms with Gasteiger partial charge in [-0.3, -0.25) is 4.79 Å². The van der Waals surface area contributed by atoms with E-state index in [2.05, 4.69) is 20.4 Å². The van der Waals surface area contributed by atoms with Gasteiger partial charge in [0.25, 0.3) is 5.91 Å². The van der Waals surface area contributed by atoms with Gasteiger partial charge in [0, 0.05) is 25.8 Å². The van der Waals surface area contributed by atoms with Crippen molar-refractivity contribution in [1.82, 2.24) is 4.90 Å². The van der Waals surface area contributed by atoms with Crippen molar-refractivity contribution in [2.24, 2.45) is 5.92 Å². The third-order valence-corrected chi connectivity index (χ3v) is 2.91. The zero-order chi connectivity index (χ0) is 15.7. The zero-order valence-corrected chi connectivity index (χ0v) is 13.2. The van der Waals surface area contributed by atoms with Crippen LogP contribution in [0.4, 0.5) is 0 Å². The number of benzene rings is 1. The summed E-state index contributed by atoms with van der Waals surface area (Å²) in [5.41, 5.74) is 0.665. The normalized spacial score (nSPS) is 10.5. The number of hydrogen-bond acceptors (Lipinski definition) is 3. The highest BCUT2D eigenvalue weighted by Gasteiger charge is 2.16. The fraction of sp³-hybridized carbons (Fsp3) is 0.471. The summed E-state index contributed by atoms with van der Waals surface area (Å²) < 4.78 is 10.5. The van der Waals surface area contributed by atoms with Crippen molar-refractivity contribution < 1.29 is 14.3 Å². The number of carbonyl (C=O) groups excluding carboxylic acids is 1. The van der Waals surface area contributed by atoms with Gasteiger partial charge in [0.1, 0.15) is 12.4 Å². The molecular formula is C17H25NO3.